The van der Waals surface area contributed by atoms with E-state index in [9.17, 15) is 5.11 Å². The maximum atomic E-state index is 9.95. The minimum absolute atomic E-state index is 0.218. The monoisotopic (exact) mass is 352 g/mol. The molecule has 2 aromatic carbocycles. The smallest absolute Gasteiger partial charge is 0.0731 e. The van der Waals surface area contributed by atoms with Gasteiger partial charge < -0.3 is 15.0 Å². The number of fused-ring (bicyclic) bond motifs is 1. The molecule has 1 aromatic heterocycles. The van der Waals surface area contributed by atoms with Crippen LogP contribution in [0.1, 0.15) is 19.8 Å². The minimum Gasteiger partial charge on any atom is -0.391 e. The summed E-state index contributed by atoms with van der Waals surface area (Å²) in [6.45, 7) is 3.84. The van der Waals surface area contributed by atoms with Crippen LogP contribution in [0.5, 0.6) is 0 Å². The lowest BCUT2D eigenvalue weighted by Gasteiger charge is -2.22. The molecule has 1 fully saturated rings. The molecule has 4 heteroatoms. The molecule has 1 aliphatic heterocycles. The van der Waals surface area contributed by atoms with E-state index in [1.807, 2.05) is 11.8 Å². The second kappa shape index (κ2) is 7.14. The predicted octanol–water partition coefficient (Wildman–Crippen LogP) is 4.91. The topological polar surface area (TPSA) is 39.3 Å². The van der Waals surface area contributed by atoms with Crippen molar-refractivity contribution in [1.29, 1.82) is 0 Å². The maximum absolute atomic E-state index is 9.95. The number of aliphatic hydroxyl groups is 1. The van der Waals surface area contributed by atoms with Crippen molar-refractivity contribution in [2.24, 2.45) is 0 Å². The summed E-state index contributed by atoms with van der Waals surface area (Å²) in [5, 5.41) is 11.2. The van der Waals surface area contributed by atoms with Gasteiger partial charge in [-0.2, -0.15) is 0 Å². The van der Waals surface area contributed by atoms with Crippen LogP contribution in [0.2, 0.25) is 0 Å². The average Bonchev–Trinajstić information content (AvgIpc) is 3.25. The molecule has 0 radical (unpaired) electrons. The van der Waals surface area contributed by atoms with Gasteiger partial charge in [0.05, 0.1) is 6.10 Å². The highest BCUT2D eigenvalue weighted by molar-refractivity contribution is 7.99. The molecule has 1 saturated heterocycles. The van der Waals surface area contributed by atoms with Gasteiger partial charge in [-0.3, -0.25) is 0 Å². The minimum atomic E-state index is -0.218. The van der Waals surface area contributed by atoms with Crippen LogP contribution in [0.3, 0.4) is 0 Å². The first-order valence-electron chi connectivity index (χ1n) is 9.02. The van der Waals surface area contributed by atoms with Gasteiger partial charge in [-0.05, 0) is 48.9 Å². The van der Waals surface area contributed by atoms with Gasteiger partial charge in [-0.25, -0.2) is 0 Å². The van der Waals surface area contributed by atoms with E-state index >= 15 is 0 Å². The fourth-order valence-corrected chi connectivity index (χ4v) is 4.30. The Labute approximate surface area is 153 Å². The van der Waals surface area contributed by atoms with Crippen molar-refractivity contribution in [3.05, 3.63) is 48.5 Å². The number of nitrogens with one attached hydrogen (secondary N) is 1. The number of nitrogens with zero attached hydrogens (tertiary/aromatic N) is 1. The van der Waals surface area contributed by atoms with E-state index in [0.29, 0.717) is 6.54 Å². The molecule has 1 unspecified atom stereocenters. The van der Waals surface area contributed by atoms with E-state index in [4.69, 9.17) is 0 Å². The molecule has 130 valence electrons. The highest BCUT2D eigenvalue weighted by atomic mass is 32.2. The van der Waals surface area contributed by atoms with Crippen LogP contribution in [0, 0.1) is 0 Å². The zero-order valence-corrected chi connectivity index (χ0v) is 15.4. The molecule has 0 spiro atoms. The van der Waals surface area contributed by atoms with Crippen LogP contribution in [0.25, 0.3) is 22.2 Å². The Morgan fingerprint density at radius 1 is 1.20 bits per heavy atom. The molecular weight excluding hydrogens is 328 g/mol. The first kappa shape index (κ1) is 16.6. The third kappa shape index (κ3) is 3.42. The third-order valence-electron chi connectivity index (χ3n) is 4.77. The Hall–Kier alpha value is -1.91. The number of benzene rings is 2. The number of rotatable bonds is 5. The van der Waals surface area contributed by atoms with Crippen LogP contribution in [0.4, 0.5) is 5.69 Å². The Bertz CT molecular complexity index is 840. The van der Waals surface area contributed by atoms with E-state index in [-0.39, 0.29) is 6.10 Å². The molecule has 3 aromatic rings. The quantitative estimate of drug-likeness (QED) is 0.641. The van der Waals surface area contributed by atoms with Crippen molar-refractivity contribution in [2.45, 2.75) is 30.8 Å². The van der Waals surface area contributed by atoms with Crippen LogP contribution in [-0.4, -0.2) is 35.0 Å². The van der Waals surface area contributed by atoms with Crippen molar-refractivity contribution in [1.82, 2.24) is 4.98 Å². The first-order valence-corrected chi connectivity index (χ1v) is 10.0. The van der Waals surface area contributed by atoms with Crippen molar-refractivity contribution >= 4 is 28.4 Å². The molecular formula is C21H24N2OS. The zero-order valence-electron chi connectivity index (χ0n) is 14.5. The number of aliphatic hydroxyl groups excluding tert-OH is 1. The molecule has 0 saturated carbocycles. The van der Waals surface area contributed by atoms with E-state index in [0.717, 1.165) is 29.9 Å². The van der Waals surface area contributed by atoms with Gasteiger partial charge in [0.1, 0.15) is 0 Å². The second-order valence-corrected chi connectivity index (χ2v) is 7.85. The highest BCUT2D eigenvalue weighted by Crippen LogP contribution is 2.37. The van der Waals surface area contributed by atoms with E-state index in [2.05, 4.69) is 65.3 Å². The van der Waals surface area contributed by atoms with Crippen molar-refractivity contribution in [3.63, 3.8) is 0 Å². The zero-order chi connectivity index (χ0) is 17.2. The highest BCUT2D eigenvalue weighted by Gasteiger charge is 2.23. The van der Waals surface area contributed by atoms with Gasteiger partial charge >= 0.3 is 0 Å². The lowest BCUT2D eigenvalue weighted by molar-refractivity contribution is 0.198. The molecule has 25 heavy (non-hydrogen) atoms. The SMILES string of the molecule is CCCSc1ccc(N2CCC(O)C2)c(-c2cc3ccccc3[nH]2)c1. The van der Waals surface area contributed by atoms with E-state index in [1.165, 1.54) is 28.0 Å². The number of aromatic amines is 1. The summed E-state index contributed by atoms with van der Waals surface area (Å²) in [6, 6.07) is 17.4. The normalized spacial score (nSPS) is 17.5. The predicted molar refractivity (Wildman–Crippen MR) is 108 cm³/mol. The number of aromatic nitrogens is 1. The maximum Gasteiger partial charge on any atom is 0.0731 e. The second-order valence-electron chi connectivity index (χ2n) is 6.69. The Morgan fingerprint density at radius 3 is 2.84 bits per heavy atom. The van der Waals surface area contributed by atoms with Crippen LogP contribution in [-0.2, 0) is 0 Å². The molecule has 0 amide bonds. The summed E-state index contributed by atoms with van der Waals surface area (Å²) in [5.41, 5.74) is 4.75. The molecule has 2 N–H and O–H groups in total. The van der Waals surface area contributed by atoms with Gasteiger partial charge in [-0.15, -0.1) is 11.8 Å². The fraction of sp³-hybridized carbons (Fsp3) is 0.333. The summed E-state index contributed by atoms with van der Waals surface area (Å²) in [7, 11) is 0. The third-order valence-corrected chi connectivity index (χ3v) is 5.96. The largest absolute Gasteiger partial charge is 0.391 e. The van der Waals surface area contributed by atoms with Crippen LogP contribution in [0.15, 0.2) is 53.4 Å². The summed E-state index contributed by atoms with van der Waals surface area (Å²) in [6.07, 6.45) is 1.80. The van der Waals surface area contributed by atoms with Gasteiger partial charge in [0.2, 0.25) is 0 Å². The number of hydrogen-bond acceptors (Lipinski definition) is 3. The number of β-amino-alcohol motifs (C(OH)–C–C–N with tert-alkyl or cyclic N) is 1. The molecule has 4 rings (SSSR count). The van der Waals surface area contributed by atoms with Crippen molar-refractivity contribution in [3.8, 4) is 11.3 Å². The summed E-state index contributed by atoms with van der Waals surface area (Å²) >= 11 is 1.91. The Kier molecular flexibility index (Phi) is 4.73. The molecule has 1 atom stereocenters. The number of anilines is 1. The van der Waals surface area contributed by atoms with E-state index < -0.39 is 0 Å². The van der Waals surface area contributed by atoms with E-state index in [1.54, 1.807) is 0 Å². The van der Waals surface area contributed by atoms with Gasteiger partial charge in [-0.1, -0.05) is 25.1 Å². The number of para-hydroxylation sites is 1. The summed E-state index contributed by atoms with van der Waals surface area (Å²) in [5.74, 6) is 1.13. The average molecular weight is 353 g/mol. The van der Waals surface area contributed by atoms with Crippen LogP contribution >= 0.6 is 11.8 Å². The molecule has 0 aliphatic carbocycles. The number of thioether (sulfide) groups is 1. The van der Waals surface area contributed by atoms with Gasteiger partial charge in [0, 0.05) is 45.8 Å². The molecule has 0 bridgehead atoms. The van der Waals surface area contributed by atoms with Crippen molar-refractivity contribution < 1.29 is 5.11 Å². The van der Waals surface area contributed by atoms with Gasteiger partial charge in [0.15, 0.2) is 0 Å². The van der Waals surface area contributed by atoms with Crippen LogP contribution < -0.4 is 4.90 Å². The van der Waals surface area contributed by atoms with Crippen molar-refractivity contribution in [2.75, 3.05) is 23.7 Å². The summed E-state index contributed by atoms with van der Waals surface area (Å²) in [4.78, 5) is 7.18. The first-order chi connectivity index (χ1) is 12.2. The summed E-state index contributed by atoms with van der Waals surface area (Å²) < 4.78 is 0. The number of H-pyrrole nitrogens is 1. The fourth-order valence-electron chi connectivity index (χ4n) is 3.50. The standard InChI is InChI=1S/C21H24N2OS/c1-2-11-25-17-7-8-21(23-10-9-16(24)14-23)18(13-17)20-12-15-5-3-4-6-19(15)22-20/h3-8,12-13,16,22,24H,2,9-11,14H2,1H3. The number of hydrogen-bond donors (Lipinski definition) is 2. The molecule has 2 heterocycles. The Morgan fingerprint density at radius 2 is 2.08 bits per heavy atom. The molecule has 3 nitrogen and oxygen atoms in total. The van der Waals surface area contributed by atoms with Gasteiger partial charge in [0.25, 0.3) is 0 Å². The lowest BCUT2D eigenvalue weighted by Crippen LogP contribution is -2.21. The lowest BCUT2D eigenvalue weighted by atomic mass is 10.1. The Balaban J connectivity index is 1.78. The molecule has 1 aliphatic rings.